The number of nitrogens with zero attached hydrogens (tertiary/aromatic N) is 3. The van der Waals surface area contributed by atoms with E-state index in [-0.39, 0.29) is 0 Å². The lowest BCUT2D eigenvalue weighted by Gasteiger charge is -1.92. The summed E-state index contributed by atoms with van der Waals surface area (Å²) in [6.45, 7) is 1.77. The maximum atomic E-state index is 8.44. The molecule has 3 nitrogen and oxygen atoms in total. The largest absolute Gasteiger partial charge is 0.227 e. The first kappa shape index (κ1) is 7.41. The first-order chi connectivity index (χ1) is 4.72. The van der Waals surface area contributed by atoms with Crippen LogP contribution in [0.3, 0.4) is 0 Å². The highest BCUT2D eigenvalue weighted by Gasteiger charge is 1.95. The van der Waals surface area contributed by atoms with Crippen molar-refractivity contribution in [2.75, 3.05) is 0 Å². The quantitative estimate of drug-likeness (QED) is 0.510. The van der Waals surface area contributed by atoms with Gasteiger partial charge in [-0.05, 0) is 29.5 Å². The normalized spacial score (nSPS) is 8.90. The highest BCUT2D eigenvalue weighted by atomic mass is 127. The molecule has 0 aromatic carbocycles. The van der Waals surface area contributed by atoms with Crippen molar-refractivity contribution >= 4 is 22.6 Å². The highest BCUT2D eigenvalue weighted by molar-refractivity contribution is 14.1. The first-order valence-corrected chi connectivity index (χ1v) is 3.71. The number of hydrogen-bond acceptors (Lipinski definition) is 3. The summed E-state index contributed by atoms with van der Waals surface area (Å²) in [5, 5.41) is 8.44. The van der Waals surface area contributed by atoms with Crippen molar-refractivity contribution in [1.82, 2.24) is 9.97 Å². The summed E-state index contributed by atoms with van der Waals surface area (Å²) in [7, 11) is 0. The Bertz CT molecular complexity index is 269. The Morgan fingerprint density at radius 1 is 1.60 bits per heavy atom. The molecule has 1 aromatic heterocycles. The van der Waals surface area contributed by atoms with Gasteiger partial charge in [0, 0.05) is 6.07 Å². The summed E-state index contributed by atoms with van der Waals surface area (Å²) in [5.41, 5.74) is 0.428. The predicted octanol–water partition coefficient (Wildman–Crippen LogP) is 1.26. The van der Waals surface area contributed by atoms with E-state index in [9.17, 15) is 0 Å². The molecule has 1 rings (SSSR count). The number of halogens is 1. The third-order valence-corrected chi connectivity index (χ3v) is 1.47. The lowest BCUT2D eigenvalue weighted by atomic mass is 10.4. The van der Waals surface area contributed by atoms with Crippen LogP contribution in [0.2, 0.25) is 0 Å². The van der Waals surface area contributed by atoms with E-state index in [1.54, 1.807) is 13.0 Å². The van der Waals surface area contributed by atoms with Gasteiger partial charge in [-0.1, -0.05) is 0 Å². The third kappa shape index (κ3) is 1.64. The van der Waals surface area contributed by atoms with Crippen molar-refractivity contribution in [2.45, 2.75) is 6.92 Å². The van der Waals surface area contributed by atoms with E-state index < -0.39 is 0 Å². The summed E-state index contributed by atoms with van der Waals surface area (Å²) in [5.74, 6) is 0.642. The average molecular weight is 245 g/mol. The zero-order chi connectivity index (χ0) is 7.56. The molecule has 50 valence electrons. The number of nitriles is 1. The molecule has 0 saturated carbocycles. The van der Waals surface area contributed by atoms with Crippen LogP contribution in [-0.4, -0.2) is 9.97 Å². The van der Waals surface area contributed by atoms with Gasteiger partial charge in [0.25, 0.3) is 0 Å². The second-order valence-corrected chi connectivity index (χ2v) is 2.84. The molecule has 1 heterocycles. The van der Waals surface area contributed by atoms with Gasteiger partial charge < -0.3 is 0 Å². The number of rotatable bonds is 0. The van der Waals surface area contributed by atoms with Crippen molar-refractivity contribution in [2.24, 2.45) is 0 Å². The van der Waals surface area contributed by atoms with E-state index in [0.29, 0.717) is 11.5 Å². The van der Waals surface area contributed by atoms with E-state index in [4.69, 9.17) is 5.26 Å². The Morgan fingerprint density at radius 2 is 2.30 bits per heavy atom. The second-order valence-electron chi connectivity index (χ2n) is 1.73. The molecule has 0 bridgehead atoms. The van der Waals surface area contributed by atoms with Gasteiger partial charge in [-0.2, -0.15) is 5.26 Å². The Morgan fingerprint density at radius 3 is 2.80 bits per heavy atom. The summed E-state index contributed by atoms with van der Waals surface area (Å²) < 4.78 is 0.807. The minimum Gasteiger partial charge on any atom is -0.227 e. The Hall–Kier alpha value is -0.700. The molecule has 0 atom stereocenters. The van der Waals surface area contributed by atoms with Gasteiger partial charge in [0.1, 0.15) is 21.3 Å². The van der Waals surface area contributed by atoms with Crippen LogP contribution in [0.4, 0.5) is 0 Å². The summed E-state index contributed by atoms with van der Waals surface area (Å²) >= 11 is 2.05. The number of aryl methyl sites for hydroxylation is 1. The molecule has 0 N–H and O–H groups in total. The molecule has 0 saturated heterocycles. The number of hydrogen-bond donors (Lipinski definition) is 0. The molecule has 0 fully saturated rings. The standard InChI is InChI=1S/C6H4IN3/c1-4-9-5(3-8)2-6(7)10-4/h2H,1H3. The fourth-order valence-corrected chi connectivity index (χ4v) is 1.23. The topological polar surface area (TPSA) is 49.6 Å². The molecule has 0 aliphatic heterocycles. The van der Waals surface area contributed by atoms with Gasteiger partial charge in [-0.3, -0.25) is 0 Å². The molecule has 0 amide bonds. The van der Waals surface area contributed by atoms with Gasteiger partial charge in [0.2, 0.25) is 0 Å². The van der Waals surface area contributed by atoms with E-state index in [0.717, 1.165) is 3.70 Å². The monoisotopic (exact) mass is 245 g/mol. The van der Waals surface area contributed by atoms with Crippen LogP contribution in [0.15, 0.2) is 6.07 Å². The zero-order valence-corrected chi connectivity index (χ0v) is 7.45. The van der Waals surface area contributed by atoms with Gasteiger partial charge in [-0.15, -0.1) is 0 Å². The van der Waals surface area contributed by atoms with E-state index in [1.807, 2.05) is 6.07 Å². The number of aromatic nitrogens is 2. The Labute approximate surface area is 72.3 Å². The van der Waals surface area contributed by atoms with Crippen molar-refractivity contribution < 1.29 is 0 Å². The fraction of sp³-hybridized carbons (Fsp3) is 0.167. The smallest absolute Gasteiger partial charge is 0.145 e. The first-order valence-electron chi connectivity index (χ1n) is 2.63. The van der Waals surface area contributed by atoms with Gasteiger partial charge in [0.05, 0.1) is 0 Å². The minimum atomic E-state index is 0.428. The molecule has 0 aliphatic carbocycles. The van der Waals surface area contributed by atoms with Crippen LogP contribution in [0.25, 0.3) is 0 Å². The van der Waals surface area contributed by atoms with Crippen LogP contribution in [0.5, 0.6) is 0 Å². The average Bonchev–Trinajstić information content (AvgIpc) is 1.85. The van der Waals surface area contributed by atoms with Gasteiger partial charge in [-0.25, -0.2) is 9.97 Å². The maximum absolute atomic E-state index is 8.44. The van der Waals surface area contributed by atoms with Crippen LogP contribution in [-0.2, 0) is 0 Å². The molecule has 0 radical (unpaired) electrons. The van der Waals surface area contributed by atoms with Crippen LogP contribution >= 0.6 is 22.6 Å². The van der Waals surface area contributed by atoms with E-state index >= 15 is 0 Å². The minimum absolute atomic E-state index is 0.428. The van der Waals surface area contributed by atoms with E-state index in [2.05, 4.69) is 32.6 Å². The van der Waals surface area contributed by atoms with Gasteiger partial charge >= 0.3 is 0 Å². The molecule has 0 unspecified atom stereocenters. The lowest BCUT2D eigenvalue weighted by molar-refractivity contribution is 1.01. The van der Waals surface area contributed by atoms with Crippen molar-refractivity contribution in [3.05, 3.63) is 21.3 Å². The van der Waals surface area contributed by atoms with Crippen LogP contribution in [0, 0.1) is 22.0 Å². The van der Waals surface area contributed by atoms with E-state index in [1.165, 1.54) is 0 Å². The molecule has 4 heteroatoms. The molecule has 10 heavy (non-hydrogen) atoms. The van der Waals surface area contributed by atoms with Crippen LogP contribution in [0.1, 0.15) is 11.5 Å². The summed E-state index contributed by atoms with van der Waals surface area (Å²) in [6, 6.07) is 3.60. The van der Waals surface area contributed by atoms with Crippen molar-refractivity contribution in [1.29, 1.82) is 5.26 Å². The predicted molar refractivity (Wildman–Crippen MR) is 44.2 cm³/mol. The molecular formula is C6H4IN3. The fourth-order valence-electron chi connectivity index (χ4n) is 0.589. The van der Waals surface area contributed by atoms with Crippen molar-refractivity contribution in [3.63, 3.8) is 0 Å². The van der Waals surface area contributed by atoms with Crippen molar-refractivity contribution in [3.8, 4) is 6.07 Å². The Balaban J connectivity index is 3.22. The SMILES string of the molecule is Cc1nc(I)cc(C#N)n1. The maximum Gasteiger partial charge on any atom is 0.145 e. The Kier molecular flexibility index (Phi) is 2.17. The molecular weight excluding hydrogens is 241 g/mol. The third-order valence-electron chi connectivity index (χ3n) is 0.921. The second kappa shape index (κ2) is 2.92. The molecule has 1 aromatic rings. The lowest BCUT2D eigenvalue weighted by Crippen LogP contribution is -1.92. The van der Waals surface area contributed by atoms with Crippen LogP contribution < -0.4 is 0 Å². The highest BCUT2D eigenvalue weighted by Crippen LogP contribution is 2.02. The summed E-state index contributed by atoms with van der Waals surface area (Å²) in [4.78, 5) is 7.88. The molecule has 0 spiro atoms. The molecule has 0 aliphatic rings. The zero-order valence-electron chi connectivity index (χ0n) is 5.30. The van der Waals surface area contributed by atoms with Gasteiger partial charge in [0.15, 0.2) is 0 Å². The summed E-state index contributed by atoms with van der Waals surface area (Å²) in [6.07, 6.45) is 0.